The molecule has 1 aromatic carbocycles. The Morgan fingerprint density at radius 2 is 1.80 bits per heavy atom. The molecular weight excluding hydrogens is 282 g/mol. The van der Waals surface area contributed by atoms with E-state index < -0.39 is 10.1 Å². The van der Waals surface area contributed by atoms with Gasteiger partial charge in [-0.05, 0) is 25.0 Å². The minimum absolute atomic E-state index is 0.0211. The van der Waals surface area contributed by atoms with Gasteiger partial charge in [-0.2, -0.15) is 8.42 Å². The molecule has 114 valence electrons. The molecule has 0 bridgehead atoms. The number of benzene rings is 1. The van der Waals surface area contributed by atoms with Crippen LogP contribution < -0.4 is 5.73 Å². The van der Waals surface area contributed by atoms with Crippen molar-refractivity contribution in [3.63, 3.8) is 0 Å². The number of hydrogen-bond donors (Lipinski definition) is 2. The molecule has 0 atom stereocenters. The number of carbonyl (C=O) groups excluding carboxylic acids is 1. The SMILES string of the molecule is CC(C)COC(=O)CN.Cc1ccc(S(=O)(=O)O)cc1. The first kappa shape index (κ1) is 18.6. The second-order valence-corrected chi connectivity index (χ2v) is 5.99. The molecule has 7 heteroatoms. The lowest BCUT2D eigenvalue weighted by Crippen LogP contribution is -2.18. The molecule has 0 saturated carbocycles. The van der Waals surface area contributed by atoms with Gasteiger partial charge in [0.15, 0.2) is 0 Å². The van der Waals surface area contributed by atoms with Crippen molar-refractivity contribution in [2.45, 2.75) is 25.7 Å². The van der Waals surface area contributed by atoms with Crippen LogP contribution in [0.3, 0.4) is 0 Å². The minimum atomic E-state index is -4.02. The van der Waals surface area contributed by atoms with E-state index in [0.717, 1.165) is 5.56 Å². The van der Waals surface area contributed by atoms with Crippen LogP contribution in [0, 0.1) is 12.8 Å². The fourth-order valence-corrected chi connectivity index (χ4v) is 1.51. The molecule has 0 fully saturated rings. The summed E-state index contributed by atoms with van der Waals surface area (Å²) in [5.74, 6) is 0.0594. The largest absolute Gasteiger partial charge is 0.464 e. The van der Waals surface area contributed by atoms with Crippen LogP contribution in [0.4, 0.5) is 0 Å². The second-order valence-electron chi connectivity index (χ2n) is 4.57. The highest BCUT2D eigenvalue weighted by atomic mass is 32.2. The highest BCUT2D eigenvalue weighted by Gasteiger charge is 2.06. The van der Waals surface area contributed by atoms with Crippen LogP contribution >= 0.6 is 0 Å². The van der Waals surface area contributed by atoms with Gasteiger partial charge in [-0.15, -0.1) is 0 Å². The third-order valence-electron chi connectivity index (χ3n) is 2.06. The van der Waals surface area contributed by atoms with Crippen LogP contribution in [0.2, 0.25) is 0 Å². The lowest BCUT2D eigenvalue weighted by Gasteiger charge is -2.04. The van der Waals surface area contributed by atoms with Gasteiger partial charge in [-0.3, -0.25) is 9.35 Å². The number of nitrogens with two attached hydrogens (primary N) is 1. The van der Waals surface area contributed by atoms with Crippen molar-refractivity contribution in [1.82, 2.24) is 0 Å². The summed E-state index contributed by atoms with van der Waals surface area (Å²) in [6.45, 7) is 6.24. The predicted molar refractivity (Wildman–Crippen MR) is 75.8 cm³/mol. The van der Waals surface area contributed by atoms with Gasteiger partial charge in [-0.25, -0.2) is 0 Å². The zero-order valence-corrected chi connectivity index (χ0v) is 12.7. The van der Waals surface area contributed by atoms with Crippen molar-refractivity contribution in [2.75, 3.05) is 13.2 Å². The zero-order valence-electron chi connectivity index (χ0n) is 11.9. The van der Waals surface area contributed by atoms with E-state index in [1.54, 1.807) is 12.1 Å². The summed E-state index contributed by atoms with van der Waals surface area (Å²) >= 11 is 0. The first-order valence-corrected chi connectivity index (χ1v) is 7.50. The molecule has 0 unspecified atom stereocenters. The van der Waals surface area contributed by atoms with Crippen LogP contribution in [0.15, 0.2) is 29.2 Å². The van der Waals surface area contributed by atoms with Crippen molar-refractivity contribution in [3.8, 4) is 0 Å². The molecule has 1 aromatic rings. The molecular formula is C13H21NO5S. The summed E-state index contributed by atoms with van der Waals surface area (Å²) < 4.78 is 34.2. The number of rotatable bonds is 4. The highest BCUT2D eigenvalue weighted by Crippen LogP contribution is 2.08. The molecule has 0 amide bonds. The summed E-state index contributed by atoms with van der Waals surface area (Å²) in [4.78, 5) is 10.3. The second kappa shape index (κ2) is 8.68. The van der Waals surface area contributed by atoms with E-state index in [9.17, 15) is 13.2 Å². The Bertz CT molecular complexity index is 508. The van der Waals surface area contributed by atoms with Crippen molar-refractivity contribution < 1.29 is 22.5 Å². The van der Waals surface area contributed by atoms with E-state index in [2.05, 4.69) is 4.74 Å². The number of hydrogen-bond acceptors (Lipinski definition) is 5. The first-order valence-electron chi connectivity index (χ1n) is 6.06. The molecule has 1 rings (SSSR count). The standard InChI is InChI=1S/C7H8O3S.C6H13NO2/c1-6-2-4-7(5-3-6)11(8,9)10;1-5(2)4-9-6(8)3-7/h2-5H,1H3,(H,8,9,10);5H,3-4,7H2,1-2H3. The summed E-state index contributed by atoms with van der Waals surface area (Å²) in [5.41, 5.74) is 5.94. The summed E-state index contributed by atoms with van der Waals surface area (Å²) in [5, 5.41) is 0. The molecule has 0 aliphatic heterocycles. The predicted octanol–water partition coefficient (Wildman–Crippen LogP) is 1.39. The number of aryl methyl sites for hydroxylation is 1. The van der Waals surface area contributed by atoms with E-state index >= 15 is 0 Å². The van der Waals surface area contributed by atoms with Crippen molar-refractivity contribution in [1.29, 1.82) is 0 Å². The van der Waals surface area contributed by atoms with Crippen LogP contribution in [0.1, 0.15) is 19.4 Å². The van der Waals surface area contributed by atoms with Gasteiger partial charge < -0.3 is 10.5 Å². The van der Waals surface area contributed by atoms with Crippen LogP contribution in [-0.4, -0.2) is 32.1 Å². The summed E-state index contributed by atoms with van der Waals surface area (Å²) in [6.07, 6.45) is 0. The van der Waals surface area contributed by atoms with Gasteiger partial charge in [0.1, 0.15) is 0 Å². The van der Waals surface area contributed by atoms with Gasteiger partial charge in [0.2, 0.25) is 0 Å². The van der Waals surface area contributed by atoms with Crippen molar-refractivity contribution in [2.24, 2.45) is 11.7 Å². The quantitative estimate of drug-likeness (QED) is 0.643. The van der Waals surface area contributed by atoms with Crippen LogP contribution in [-0.2, 0) is 19.6 Å². The molecule has 0 aromatic heterocycles. The van der Waals surface area contributed by atoms with Gasteiger partial charge in [0.25, 0.3) is 10.1 Å². The fraction of sp³-hybridized carbons (Fsp3) is 0.462. The molecule has 3 N–H and O–H groups in total. The van der Waals surface area contributed by atoms with E-state index in [1.165, 1.54) is 12.1 Å². The average molecular weight is 303 g/mol. The maximum atomic E-state index is 10.5. The maximum absolute atomic E-state index is 10.5. The Labute approximate surface area is 119 Å². The third-order valence-corrected chi connectivity index (χ3v) is 2.93. The lowest BCUT2D eigenvalue weighted by atomic mass is 10.2. The third kappa shape index (κ3) is 8.63. The maximum Gasteiger partial charge on any atom is 0.319 e. The van der Waals surface area contributed by atoms with E-state index in [-0.39, 0.29) is 17.4 Å². The monoisotopic (exact) mass is 303 g/mol. The van der Waals surface area contributed by atoms with Gasteiger partial charge in [0, 0.05) is 0 Å². The van der Waals surface area contributed by atoms with E-state index in [4.69, 9.17) is 10.3 Å². The average Bonchev–Trinajstić information content (AvgIpc) is 2.36. The molecule has 0 spiro atoms. The summed E-state index contributed by atoms with van der Waals surface area (Å²) in [7, 11) is -4.02. The van der Waals surface area contributed by atoms with Gasteiger partial charge >= 0.3 is 5.97 Å². The van der Waals surface area contributed by atoms with E-state index in [0.29, 0.717) is 12.5 Å². The Kier molecular flexibility index (Phi) is 8.05. The Morgan fingerprint density at radius 1 is 1.30 bits per heavy atom. The normalized spacial score (nSPS) is 10.7. The Hall–Kier alpha value is -1.44. The number of esters is 1. The number of ether oxygens (including phenoxy) is 1. The molecule has 0 aliphatic rings. The minimum Gasteiger partial charge on any atom is -0.464 e. The van der Waals surface area contributed by atoms with Gasteiger partial charge in [0.05, 0.1) is 18.0 Å². The Morgan fingerprint density at radius 3 is 2.15 bits per heavy atom. The van der Waals surface area contributed by atoms with Gasteiger partial charge in [-0.1, -0.05) is 31.5 Å². The zero-order chi connectivity index (χ0) is 15.8. The highest BCUT2D eigenvalue weighted by molar-refractivity contribution is 7.85. The Balaban J connectivity index is 0.000000370. The van der Waals surface area contributed by atoms with Crippen LogP contribution in [0.25, 0.3) is 0 Å². The molecule has 20 heavy (non-hydrogen) atoms. The molecule has 0 radical (unpaired) electrons. The molecule has 0 heterocycles. The lowest BCUT2D eigenvalue weighted by molar-refractivity contribution is -0.142. The molecule has 6 nitrogen and oxygen atoms in total. The first-order chi connectivity index (χ1) is 9.16. The van der Waals surface area contributed by atoms with Crippen molar-refractivity contribution >= 4 is 16.1 Å². The smallest absolute Gasteiger partial charge is 0.319 e. The molecule has 0 saturated heterocycles. The van der Waals surface area contributed by atoms with Crippen LogP contribution in [0.5, 0.6) is 0 Å². The van der Waals surface area contributed by atoms with Crippen molar-refractivity contribution in [3.05, 3.63) is 29.8 Å². The fourth-order valence-electron chi connectivity index (χ4n) is 1.03. The molecule has 0 aliphatic carbocycles. The number of carbonyl (C=O) groups is 1. The van der Waals surface area contributed by atoms with E-state index in [1.807, 2.05) is 20.8 Å². The summed E-state index contributed by atoms with van der Waals surface area (Å²) in [6, 6.07) is 5.99. The topological polar surface area (TPSA) is 107 Å².